The molecule has 1 N–H and O–H groups in total. The lowest BCUT2D eigenvalue weighted by molar-refractivity contribution is -0.136. The van der Waals surface area contributed by atoms with Crippen molar-refractivity contribution in [3.63, 3.8) is 0 Å². The van der Waals surface area contributed by atoms with Gasteiger partial charge in [-0.25, -0.2) is 8.78 Å². The monoisotopic (exact) mass is 293 g/mol. The van der Waals surface area contributed by atoms with E-state index in [-0.39, 0.29) is 16.5 Å². The second-order valence-corrected chi connectivity index (χ2v) is 3.85. The summed E-state index contributed by atoms with van der Waals surface area (Å²) >= 11 is 3.11. The summed E-state index contributed by atoms with van der Waals surface area (Å²) in [6.45, 7) is 1.50. The smallest absolute Gasteiger partial charge is 0.307 e. The van der Waals surface area contributed by atoms with Gasteiger partial charge in [0.25, 0.3) is 6.43 Å². The third-order valence-corrected chi connectivity index (χ3v) is 2.72. The molecule has 1 aromatic heterocycles. The predicted octanol–water partition coefficient (Wildman–Crippen LogP) is 2.85. The van der Waals surface area contributed by atoms with Crippen LogP contribution in [0.15, 0.2) is 6.20 Å². The summed E-state index contributed by atoms with van der Waals surface area (Å²) in [5, 5.41) is 8.96. The van der Waals surface area contributed by atoms with Gasteiger partial charge < -0.3 is 5.11 Å². The van der Waals surface area contributed by atoms with E-state index in [1.165, 1.54) is 13.1 Å². The highest BCUT2D eigenvalue weighted by Gasteiger charge is 2.21. The van der Waals surface area contributed by atoms with Gasteiger partial charge in [0.05, 0.1) is 12.1 Å². The molecule has 0 aliphatic heterocycles. The van der Waals surface area contributed by atoms with Gasteiger partial charge in [0.1, 0.15) is 0 Å². The van der Waals surface area contributed by atoms with Gasteiger partial charge in [0.15, 0.2) is 0 Å². The van der Waals surface area contributed by atoms with Gasteiger partial charge in [-0.2, -0.15) is 0 Å². The predicted molar refractivity (Wildman–Crippen MR) is 57.9 cm³/mol. The highest BCUT2D eigenvalue weighted by atomic mass is 79.9. The van der Waals surface area contributed by atoms with Crippen LogP contribution in [0.1, 0.15) is 28.8 Å². The fourth-order valence-corrected chi connectivity index (χ4v) is 1.97. The van der Waals surface area contributed by atoms with Crippen LogP contribution < -0.4 is 0 Å². The van der Waals surface area contributed by atoms with Crippen LogP contribution in [0.2, 0.25) is 0 Å². The second-order valence-electron chi connectivity index (χ2n) is 3.28. The summed E-state index contributed by atoms with van der Waals surface area (Å²) < 4.78 is 25.6. The van der Waals surface area contributed by atoms with E-state index < -0.39 is 18.8 Å². The number of aliphatic carboxylic acids is 1. The maximum atomic E-state index is 12.8. The van der Waals surface area contributed by atoms with Crippen LogP contribution in [0.4, 0.5) is 8.78 Å². The molecular formula is C10H10BrF2NO2. The first-order chi connectivity index (χ1) is 7.47. The summed E-state index contributed by atoms with van der Waals surface area (Å²) in [5.74, 6) is -1.14. The molecule has 0 spiro atoms. The number of aromatic nitrogens is 1. The molecule has 0 amide bonds. The topological polar surface area (TPSA) is 50.2 Å². The zero-order chi connectivity index (χ0) is 12.3. The lowest BCUT2D eigenvalue weighted by atomic mass is 10.00. The molecule has 1 aromatic rings. The minimum absolute atomic E-state index is 0.111. The molecule has 0 atom stereocenters. The molecule has 0 aliphatic carbocycles. The Kier molecular flexibility index (Phi) is 4.35. The molecule has 0 radical (unpaired) electrons. The zero-order valence-corrected chi connectivity index (χ0v) is 10.1. The first-order valence-corrected chi connectivity index (χ1v) is 5.62. The molecule has 88 valence electrons. The number of carboxylic acids is 1. The average molecular weight is 294 g/mol. The first kappa shape index (κ1) is 13.0. The van der Waals surface area contributed by atoms with Gasteiger partial charge in [-0.3, -0.25) is 9.78 Å². The third-order valence-electron chi connectivity index (χ3n) is 2.19. The molecule has 3 nitrogen and oxygen atoms in total. The number of alkyl halides is 3. The zero-order valence-electron chi connectivity index (χ0n) is 8.51. The summed E-state index contributed by atoms with van der Waals surface area (Å²) in [6, 6.07) is 0. The maximum Gasteiger partial charge on any atom is 0.307 e. The van der Waals surface area contributed by atoms with Gasteiger partial charge in [-0.15, -0.1) is 0 Å². The Morgan fingerprint density at radius 3 is 2.69 bits per heavy atom. The van der Waals surface area contributed by atoms with E-state index in [0.717, 1.165) is 0 Å². The van der Waals surface area contributed by atoms with Crippen LogP contribution in [-0.4, -0.2) is 16.1 Å². The number of aryl methyl sites for hydroxylation is 1. The third kappa shape index (κ3) is 2.75. The van der Waals surface area contributed by atoms with E-state index in [4.69, 9.17) is 5.11 Å². The van der Waals surface area contributed by atoms with Crippen LogP contribution in [-0.2, 0) is 16.5 Å². The lowest BCUT2D eigenvalue weighted by Gasteiger charge is -2.13. The van der Waals surface area contributed by atoms with Gasteiger partial charge in [0, 0.05) is 17.1 Å². The number of hydrogen-bond donors (Lipinski definition) is 1. The molecule has 6 heteroatoms. The van der Waals surface area contributed by atoms with E-state index in [1.54, 1.807) is 0 Å². The van der Waals surface area contributed by atoms with Gasteiger partial charge in [-0.1, -0.05) is 15.9 Å². The van der Waals surface area contributed by atoms with Crippen molar-refractivity contribution in [1.29, 1.82) is 0 Å². The lowest BCUT2D eigenvalue weighted by Crippen LogP contribution is -2.10. The fourth-order valence-electron chi connectivity index (χ4n) is 1.48. The van der Waals surface area contributed by atoms with Crippen molar-refractivity contribution in [3.8, 4) is 0 Å². The van der Waals surface area contributed by atoms with Crippen LogP contribution in [0, 0.1) is 6.92 Å². The Morgan fingerprint density at radius 2 is 2.25 bits per heavy atom. The molecule has 0 aliphatic rings. The van der Waals surface area contributed by atoms with Gasteiger partial charge in [-0.05, 0) is 18.1 Å². The van der Waals surface area contributed by atoms with Crippen molar-refractivity contribution < 1.29 is 18.7 Å². The molecule has 0 saturated heterocycles. The van der Waals surface area contributed by atoms with Crippen molar-refractivity contribution in [2.75, 3.05) is 0 Å². The maximum absolute atomic E-state index is 12.8. The highest BCUT2D eigenvalue weighted by Crippen LogP contribution is 2.29. The largest absolute Gasteiger partial charge is 0.481 e. The number of hydrogen-bond acceptors (Lipinski definition) is 2. The number of pyridine rings is 1. The van der Waals surface area contributed by atoms with Gasteiger partial charge in [0.2, 0.25) is 0 Å². The van der Waals surface area contributed by atoms with E-state index in [9.17, 15) is 13.6 Å². The molecule has 0 fully saturated rings. The molecule has 0 saturated carbocycles. The SMILES string of the molecule is Cc1cnc(CBr)c(CC(=O)O)c1C(F)F. The number of halogens is 3. The molecule has 0 unspecified atom stereocenters. The number of carbonyl (C=O) groups is 1. The standard InChI is InChI=1S/C10H10BrF2NO2/c1-5-4-14-7(3-11)6(2-8(15)16)9(5)10(12)13/h4,10H,2-3H2,1H3,(H,15,16). The van der Waals surface area contributed by atoms with Crippen molar-refractivity contribution in [1.82, 2.24) is 4.98 Å². The van der Waals surface area contributed by atoms with Crippen molar-refractivity contribution in [2.45, 2.75) is 25.1 Å². The molecular weight excluding hydrogens is 284 g/mol. The summed E-state index contributed by atoms with van der Waals surface area (Å²) in [4.78, 5) is 14.6. The Morgan fingerprint density at radius 1 is 1.62 bits per heavy atom. The average Bonchev–Trinajstić information content (AvgIpc) is 2.16. The van der Waals surface area contributed by atoms with Crippen LogP contribution >= 0.6 is 15.9 Å². The van der Waals surface area contributed by atoms with Gasteiger partial charge >= 0.3 is 5.97 Å². The summed E-state index contributed by atoms with van der Waals surface area (Å²) in [5.41, 5.74) is 0.561. The molecule has 16 heavy (non-hydrogen) atoms. The number of rotatable bonds is 4. The number of nitrogens with zero attached hydrogens (tertiary/aromatic N) is 1. The van der Waals surface area contributed by atoms with E-state index >= 15 is 0 Å². The Bertz CT molecular complexity index is 410. The molecule has 0 bridgehead atoms. The van der Waals surface area contributed by atoms with Crippen LogP contribution in [0.3, 0.4) is 0 Å². The van der Waals surface area contributed by atoms with Crippen molar-refractivity contribution in [2.24, 2.45) is 0 Å². The van der Waals surface area contributed by atoms with Crippen molar-refractivity contribution in [3.05, 3.63) is 28.6 Å². The van der Waals surface area contributed by atoms with E-state index in [0.29, 0.717) is 11.3 Å². The Hall–Kier alpha value is -1.04. The highest BCUT2D eigenvalue weighted by molar-refractivity contribution is 9.08. The van der Waals surface area contributed by atoms with Crippen LogP contribution in [0.25, 0.3) is 0 Å². The van der Waals surface area contributed by atoms with E-state index in [1.807, 2.05) is 0 Å². The van der Waals surface area contributed by atoms with Crippen molar-refractivity contribution >= 4 is 21.9 Å². The fraction of sp³-hybridized carbons (Fsp3) is 0.400. The van der Waals surface area contributed by atoms with E-state index in [2.05, 4.69) is 20.9 Å². The Balaban J connectivity index is 3.36. The Labute approximate surface area is 99.6 Å². The van der Waals surface area contributed by atoms with Crippen LogP contribution in [0.5, 0.6) is 0 Å². The first-order valence-electron chi connectivity index (χ1n) is 4.50. The quantitative estimate of drug-likeness (QED) is 0.869. The molecule has 1 rings (SSSR count). The normalized spacial score (nSPS) is 10.8. The molecule has 1 heterocycles. The molecule has 0 aromatic carbocycles. The minimum atomic E-state index is -2.69. The number of carboxylic acid groups (broad SMARTS) is 1. The summed E-state index contributed by atoms with van der Waals surface area (Å²) in [6.07, 6.45) is -1.78. The summed E-state index contributed by atoms with van der Waals surface area (Å²) in [7, 11) is 0. The minimum Gasteiger partial charge on any atom is -0.481 e. The second kappa shape index (κ2) is 5.34.